The van der Waals surface area contributed by atoms with Gasteiger partial charge in [0.1, 0.15) is 4.83 Å². The lowest BCUT2D eigenvalue weighted by atomic mass is 9.97. The number of aryl methyl sites for hydroxylation is 2. The highest BCUT2D eigenvalue weighted by atomic mass is 32.2. The molecule has 1 aliphatic heterocycles. The maximum atomic E-state index is 13.4. The second kappa shape index (κ2) is 8.12. The van der Waals surface area contributed by atoms with Gasteiger partial charge in [-0.15, -0.1) is 11.3 Å². The third-order valence-corrected chi connectivity index (χ3v) is 7.36. The van der Waals surface area contributed by atoms with E-state index >= 15 is 0 Å². The summed E-state index contributed by atoms with van der Waals surface area (Å²) in [7, 11) is 0. The summed E-state index contributed by atoms with van der Waals surface area (Å²) in [5.74, 6) is 0.808. The molecule has 1 atom stereocenters. The number of rotatable bonds is 6. The van der Waals surface area contributed by atoms with Crippen LogP contribution >= 0.6 is 23.1 Å². The molecule has 3 heterocycles. The molecule has 7 heteroatoms. The van der Waals surface area contributed by atoms with Crippen molar-refractivity contribution in [3.05, 3.63) is 20.8 Å². The van der Waals surface area contributed by atoms with Crippen molar-refractivity contribution in [3.8, 4) is 6.07 Å². The number of hydrogen-bond acceptors (Lipinski definition) is 6. The molecule has 1 saturated heterocycles. The molecule has 0 aromatic carbocycles. The van der Waals surface area contributed by atoms with Crippen molar-refractivity contribution >= 4 is 33.3 Å². The molecule has 2 aromatic heterocycles. The van der Waals surface area contributed by atoms with Crippen LogP contribution in [0.2, 0.25) is 0 Å². The molecule has 1 fully saturated rings. The van der Waals surface area contributed by atoms with Gasteiger partial charge < -0.3 is 4.74 Å². The van der Waals surface area contributed by atoms with Crippen molar-refractivity contribution in [2.75, 3.05) is 12.4 Å². The maximum absolute atomic E-state index is 13.4. The van der Waals surface area contributed by atoms with Crippen LogP contribution in [0.3, 0.4) is 0 Å². The quantitative estimate of drug-likeness (QED) is 0.426. The highest BCUT2D eigenvalue weighted by molar-refractivity contribution is 7.99. The van der Waals surface area contributed by atoms with Crippen molar-refractivity contribution in [2.24, 2.45) is 0 Å². The van der Waals surface area contributed by atoms with Gasteiger partial charge in [0.2, 0.25) is 0 Å². The van der Waals surface area contributed by atoms with Gasteiger partial charge in [-0.2, -0.15) is 5.26 Å². The zero-order valence-electron chi connectivity index (χ0n) is 14.8. The molecule has 2 aliphatic rings. The Kier molecular flexibility index (Phi) is 5.63. The first-order valence-electron chi connectivity index (χ1n) is 9.44. The predicted molar refractivity (Wildman–Crippen MR) is 105 cm³/mol. The Morgan fingerprint density at radius 3 is 3.04 bits per heavy atom. The van der Waals surface area contributed by atoms with E-state index in [1.165, 1.54) is 16.9 Å². The highest BCUT2D eigenvalue weighted by Crippen LogP contribution is 2.35. The molecule has 0 spiro atoms. The number of fused-ring (bicyclic) bond motifs is 3. The van der Waals surface area contributed by atoms with Crippen LogP contribution in [-0.4, -0.2) is 28.0 Å². The molecule has 0 unspecified atom stereocenters. The molecule has 1 aliphatic carbocycles. The second-order valence-electron chi connectivity index (χ2n) is 6.95. The average molecular weight is 390 g/mol. The fourth-order valence-electron chi connectivity index (χ4n) is 3.80. The van der Waals surface area contributed by atoms with Crippen LogP contribution in [0.1, 0.15) is 49.0 Å². The van der Waals surface area contributed by atoms with E-state index in [-0.39, 0.29) is 11.7 Å². The largest absolute Gasteiger partial charge is 0.376 e. The third-order valence-electron chi connectivity index (χ3n) is 5.11. The smallest absolute Gasteiger partial charge is 0.263 e. The fraction of sp³-hybridized carbons (Fsp3) is 0.632. The van der Waals surface area contributed by atoms with Crippen molar-refractivity contribution < 1.29 is 4.74 Å². The molecule has 0 bridgehead atoms. The van der Waals surface area contributed by atoms with Gasteiger partial charge in [-0.05, 0) is 50.5 Å². The monoisotopic (exact) mass is 389 g/mol. The normalized spacial score (nSPS) is 19.6. The zero-order valence-corrected chi connectivity index (χ0v) is 16.5. The molecular weight excluding hydrogens is 366 g/mol. The van der Waals surface area contributed by atoms with E-state index in [0.717, 1.165) is 66.3 Å². The Morgan fingerprint density at radius 1 is 1.35 bits per heavy atom. The number of nitrogens with zero attached hydrogens (tertiary/aromatic N) is 3. The Balaban J connectivity index is 1.73. The molecule has 0 radical (unpaired) electrons. The first kappa shape index (κ1) is 18.0. The van der Waals surface area contributed by atoms with Crippen LogP contribution in [0.25, 0.3) is 10.2 Å². The number of aromatic nitrogens is 2. The first-order chi connectivity index (χ1) is 12.8. The van der Waals surface area contributed by atoms with Gasteiger partial charge in [-0.3, -0.25) is 9.36 Å². The van der Waals surface area contributed by atoms with Gasteiger partial charge in [0, 0.05) is 23.7 Å². The van der Waals surface area contributed by atoms with Gasteiger partial charge in [0.15, 0.2) is 5.16 Å². The molecule has 0 saturated carbocycles. The lowest BCUT2D eigenvalue weighted by Crippen LogP contribution is -2.29. The Labute approximate surface area is 161 Å². The topological polar surface area (TPSA) is 67.9 Å². The summed E-state index contributed by atoms with van der Waals surface area (Å²) in [6.45, 7) is 1.38. The van der Waals surface area contributed by atoms with Crippen molar-refractivity contribution in [1.29, 1.82) is 5.26 Å². The molecule has 0 N–H and O–H groups in total. The van der Waals surface area contributed by atoms with E-state index in [0.29, 0.717) is 13.0 Å². The fourth-order valence-corrected chi connectivity index (χ4v) is 6.05. The molecule has 4 rings (SSSR count). The summed E-state index contributed by atoms with van der Waals surface area (Å²) in [6, 6.07) is 2.18. The van der Waals surface area contributed by atoms with Crippen LogP contribution in [0, 0.1) is 11.3 Å². The minimum absolute atomic E-state index is 0.104. The van der Waals surface area contributed by atoms with Crippen LogP contribution in [-0.2, 0) is 24.1 Å². The minimum Gasteiger partial charge on any atom is -0.376 e. The van der Waals surface area contributed by atoms with Crippen molar-refractivity contribution in [3.63, 3.8) is 0 Å². The van der Waals surface area contributed by atoms with Crippen LogP contribution in [0.5, 0.6) is 0 Å². The number of unbranched alkanes of at least 4 members (excludes halogenated alkanes) is 1. The minimum atomic E-state index is 0.104. The Bertz CT molecular complexity index is 891. The SMILES string of the molecule is N#CCCCSc1nc2sc3c(c2c(=O)n1C[C@H]1CCCO1)CCCC3. The first-order valence-corrected chi connectivity index (χ1v) is 11.2. The number of ether oxygens (including phenoxy) is 1. The standard InChI is InChI=1S/C19H23N3O2S2/c20-9-3-4-11-25-19-21-17-16(14-7-1-2-8-15(14)26-17)18(23)22(19)12-13-6-5-10-24-13/h13H,1-8,10-12H2/t13-/m1/s1. The number of thiophene rings is 1. The average Bonchev–Trinajstić information content (AvgIpc) is 3.28. The second-order valence-corrected chi connectivity index (χ2v) is 9.09. The highest BCUT2D eigenvalue weighted by Gasteiger charge is 2.24. The molecule has 5 nitrogen and oxygen atoms in total. The number of hydrogen-bond donors (Lipinski definition) is 0. The lowest BCUT2D eigenvalue weighted by Gasteiger charge is -2.16. The van der Waals surface area contributed by atoms with Crippen LogP contribution in [0.4, 0.5) is 0 Å². The van der Waals surface area contributed by atoms with Gasteiger partial charge >= 0.3 is 0 Å². The van der Waals surface area contributed by atoms with E-state index in [2.05, 4.69) is 6.07 Å². The van der Waals surface area contributed by atoms with Gasteiger partial charge in [-0.1, -0.05) is 11.8 Å². The van der Waals surface area contributed by atoms with Gasteiger partial charge in [0.05, 0.1) is 24.1 Å². The zero-order chi connectivity index (χ0) is 17.9. The predicted octanol–water partition coefficient (Wildman–Crippen LogP) is 3.91. The molecule has 0 amide bonds. The summed E-state index contributed by atoms with van der Waals surface area (Å²) in [5, 5.41) is 10.4. The molecule has 26 heavy (non-hydrogen) atoms. The van der Waals surface area contributed by atoms with Crippen LogP contribution in [0.15, 0.2) is 9.95 Å². The summed E-state index contributed by atoms with van der Waals surface area (Å²) in [4.78, 5) is 20.5. The molecule has 138 valence electrons. The maximum Gasteiger partial charge on any atom is 0.263 e. The number of thioether (sulfide) groups is 1. The summed E-state index contributed by atoms with van der Waals surface area (Å²) < 4.78 is 7.62. The molecular formula is C19H23N3O2S2. The van der Waals surface area contributed by atoms with E-state index in [1.54, 1.807) is 23.1 Å². The van der Waals surface area contributed by atoms with E-state index in [1.807, 2.05) is 4.57 Å². The number of nitriles is 1. The summed E-state index contributed by atoms with van der Waals surface area (Å²) in [6.07, 6.45) is 7.98. The van der Waals surface area contributed by atoms with Gasteiger partial charge in [-0.25, -0.2) is 4.98 Å². The lowest BCUT2D eigenvalue weighted by molar-refractivity contribution is 0.0937. The van der Waals surface area contributed by atoms with Gasteiger partial charge in [0.25, 0.3) is 5.56 Å². The van der Waals surface area contributed by atoms with E-state index in [9.17, 15) is 4.79 Å². The third kappa shape index (κ3) is 3.55. The van der Waals surface area contributed by atoms with E-state index < -0.39 is 0 Å². The molecule has 2 aromatic rings. The van der Waals surface area contributed by atoms with E-state index in [4.69, 9.17) is 15.0 Å². The van der Waals surface area contributed by atoms with Crippen molar-refractivity contribution in [1.82, 2.24) is 9.55 Å². The Hall–Kier alpha value is -1.36. The summed E-state index contributed by atoms with van der Waals surface area (Å²) >= 11 is 3.30. The summed E-state index contributed by atoms with van der Waals surface area (Å²) in [5.41, 5.74) is 1.35. The van der Waals surface area contributed by atoms with Crippen molar-refractivity contribution in [2.45, 2.75) is 69.2 Å². The Morgan fingerprint density at radius 2 is 2.23 bits per heavy atom. The van der Waals surface area contributed by atoms with Crippen LogP contribution < -0.4 is 5.56 Å².